The quantitative estimate of drug-likeness (QED) is 0.624. The summed E-state index contributed by atoms with van der Waals surface area (Å²) in [4.78, 5) is 31.1. The normalized spacial score (nSPS) is 24.9. The molecule has 0 radical (unpaired) electrons. The number of aromatic amines is 1. The van der Waals surface area contributed by atoms with E-state index in [1.807, 2.05) is 11.8 Å². The van der Waals surface area contributed by atoms with E-state index in [2.05, 4.69) is 37.7 Å². The van der Waals surface area contributed by atoms with Crippen molar-refractivity contribution < 1.29 is 9.90 Å². The van der Waals surface area contributed by atoms with Crippen molar-refractivity contribution in [1.29, 1.82) is 0 Å². The lowest BCUT2D eigenvalue weighted by molar-refractivity contribution is 0.0697. The van der Waals surface area contributed by atoms with Gasteiger partial charge in [-0.25, -0.2) is 9.78 Å². The van der Waals surface area contributed by atoms with Gasteiger partial charge in [-0.3, -0.25) is 4.79 Å². The molecule has 0 aliphatic heterocycles. The first-order chi connectivity index (χ1) is 13.7. The molecule has 158 valence electrons. The Morgan fingerprint density at radius 1 is 1.34 bits per heavy atom. The maximum Gasteiger partial charge on any atom is 0.335 e. The largest absolute Gasteiger partial charge is 0.478 e. The maximum absolute atomic E-state index is 12.4. The highest BCUT2D eigenvalue weighted by atomic mass is 32.2. The lowest BCUT2D eigenvalue weighted by Gasteiger charge is -2.42. The average molecular weight is 417 g/mol. The molecule has 5 nitrogen and oxygen atoms in total. The Bertz CT molecular complexity index is 939. The molecule has 6 heteroatoms. The number of nitrogens with one attached hydrogen (secondary N) is 1. The fraction of sp³-hybridized carbons (Fsp3) is 0.609. The number of H-pyrrole nitrogens is 1. The van der Waals surface area contributed by atoms with E-state index in [1.165, 1.54) is 50.3 Å². The van der Waals surface area contributed by atoms with E-state index in [4.69, 9.17) is 0 Å². The Morgan fingerprint density at radius 2 is 2.07 bits per heavy atom. The molecular formula is C23H32N2O3S. The van der Waals surface area contributed by atoms with Gasteiger partial charge in [0, 0.05) is 4.75 Å². The summed E-state index contributed by atoms with van der Waals surface area (Å²) in [6.07, 6.45) is 6.22. The highest BCUT2D eigenvalue weighted by Crippen LogP contribution is 2.47. The van der Waals surface area contributed by atoms with Crippen LogP contribution in [0.2, 0.25) is 0 Å². The summed E-state index contributed by atoms with van der Waals surface area (Å²) in [5.74, 6) is 2.47. The van der Waals surface area contributed by atoms with Crippen molar-refractivity contribution in [3.8, 4) is 0 Å². The minimum Gasteiger partial charge on any atom is -0.478 e. The molecule has 2 aromatic rings. The van der Waals surface area contributed by atoms with E-state index in [1.54, 1.807) is 0 Å². The number of hydrogen-bond acceptors (Lipinski definition) is 4. The molecule has 0 bridgehead atoms. The smallest absolute Gasteiger partial charge is 0.335 e. The van der Waals surface area contributed by atoms with Gasteiger partial charge in [-0.2, -0.15) is 0 Å². The summed E-state index contributed by atoms with van der Waals surface area (Å²) < 4.78 is 0.176. The van der Waals surface area contributed by atoms with Crippen molar-refractivity contribution in [2.45, 2.75) is 70.3 Å². The number of hydrogen-bond donors (Lipinski definition) is 2. The van der Waals surface area contributed by atoms with Crippen LogP contribution in [0.4, 0.5) is 0 Å². The first-order valence-corrected chi connectivity index (χ1v) is 11.6. The fourth-order valence-corrected chi connectivity index (χ4v) is 6.18. The van der Waals surface area contributed by atoms with Gasteiger partial charge in [0.1, 0.15) is 5.82 Å². The van der Waals surface area contributed by atoms with E-state index in [0.29, 0.717) is 28.4 Å². The molecule has 1 saturated carbocycles. The molecule has 1 aliphatic carbocycles. The third kappa shape index (κ3) is 5.41. The Labute approximate surface area is 176 Å². The van der Waals surface area contributed by atoms with Crippen molar-refractivity contribution in [3.63, 3.8) is 0 Å². The number of aromatic carboxylic acids is 1. The van der Waals surface area contributed by atoms with Crippen molar-refractivity contribution in [1.82, 2.24) is 9.97 Å². The van der Waals surface area contributed by atoms with E-state index in [9.17, 15) is 14.7 Å². The van der Waals surface area contributed by atoms with Crippen molar-refractivity contribution in [2.24, 2.45) is 17.8 Å². The average Bonchev–Trinajstić information content (AvgIpc) is 2.65. The van der Waals surface area contributed by atoms with Crippen LogP contribution < -0.4 is 5.56 Å². The summed E-state index contributed by atoms with van der Waals surface area (Å²) in [6, 6.07) is 4.46. The summed E-state index contributed by atoms with van der Waals surface area (Å²) in [5.41, 5.74) is 0.387. The minimum atomic E-state index is -1.01. The molecule has 1 heterocycles. The van der Waals surface area contributed by atoms with Crippen LogP contribution in [0.15, 0.2) is 23.0 Å². The number of carbonyl (C=O) groups is 1. The van der Waals surface area contributed by atoms with Crippen LogP contribution in [0.3, 0.4) is 0 Å². The standard InChI is InChI=1S/C23H32N2O3S/c1-5-15-9-16(8-14(2)3)12-23(4,11-15)29-13-20-24-19-10-17(22(27)28)6-7-18(19)21(26)25-20/h6-7,10,14-16H,5,8-9,11-13H2,1-4H3,(H,27,28)(H,24,25,26). The van der Waals surface area contributed by atoms with E-state index in [0.717, 1.165) is 11.8 Å². The van der Waals surface area contributed by atoms with E-state index >= 15 is 0 Å². The first-order valence-electron chi connectivity index (χ1n) is 10.6. The van der Waals surface area contributed by atoms with E-state index < -0.39 is 5.97 Å². The minimum absolute atomic E-state index is 0.149. The third-order valence-electron chi connectivity index (χ3n) is 6.05. The Kier molecular flexibility index (Phi) is 6.72. The fourth-order valence-electron chi connectivity index (χ4n) is 4.85. The first kappa shape index (κ1) is 21.9. The van der Waals surface area contributed by atoms with Crippen LogP contribution in [-0.4, -0.2) is 25.8 Å². The summed E-state index contributed by atoms with van der Waals surface area (Å²) >= 11 is 1.88. The molecule has 2 N–H and O–H groups in total. The molecule has 3 rings (SSSR count). The number of benzene rings is 1. The number of rotatable bonds is 7. The van der Waals surface area contributed by atoms with Crippen LogP contribution in [0, 0.1) is 17.8 Å². The highest BCUT2D eigenvalue weighted by Gasteiger charge is 2.37. The second-order valence-electron chi connectivity index (χ2n) is 9.20. The molecule has 1 aromatic heterocycles. The summed E-state index contributed by atoms with van der Waals surface area (Å²) in [7, 11) is 0. The second kappa shape index (κ2) is 8.90. The molecule has 0 amide bonds. The lowest BCUT2D eigenvalue weighted by Crippen LogP contribution is -2.34. The molecule has 1 fully saturated rings. The molecule has 29 heavy (non-hydrogen) atoms. The Morgan fingerprint density at radius 3 is 2.72 bits per heavy atom. The number of nitrogens with zero attached hydrogens (tertiary/aromatic N) is 1. The predicted octanol–water partition coefficient (Wildman–Crippen LogP) is 5.49. The molecule has 0 spiro atoms. The number of thioether (sulfide) groups is 1. The molecule has 0 saturated heterocycles. The summed E-state index contributed by atoms with van der Waals surface area (Å²) in [6.45, 7) is 9.24. The molecule has 3 atom stereocenters. The van der Waals surface area contributed by atoms with Gasteiger partial charge in [0.15, 0.2) is 0 Å². The van der Waals surface area contributed by atoms with Gasteiger partial charge in [0.2, 0.25) is 0 Å². The van der Waals surface area contributed by atoms with Gasteiger partial charge in [-0.15, -0.1) is 11.8 Å². The Hall–Kier alpha value is -1.82. The van der Waals surface area contributed by atoms with Crippen LogP contribution >= 0.6 is 11.8 Å². The topological polar surface area (TPSA) is 83.0 Å². The van der Waals surface area contributed by atoms with Crippen LogP contribution in [0.25, 0.3) is 10.9 Å². The van der Waals surface area contributed by atoms with Crippen molar-refractivity contribution >= 4 is 28.6 Å². The zero-order valence-corrected chi connectivity index (χ0v) is 18.6. The van der Waals surface area contributed by atoms with Crippen LogP contribution in [-0.2, 0) is 5.75 Å². The van der Waals surface area contributed by atoms with Crippen LogP contribution in [0.1, 0.15) is 76.0 Å². The maximum atomic E-state index is 12.4. The van der Waals surface area contributed by atoms with Gasteiger partial charge in [-0.05, 0) is 61.6 Å². The zero-order chi connectivity index (χ0) is 21.2. The lowest BCUT2D eigenvalue weighted by atomic mass is 9.72. The van der Waals surface area contributed by atoms with Gasteiger partial charge >= 0.3 is 5.97 Å². The van der Waals surface area contributed by atoms with Gasteiger partial charge < -0.3 is 10.1 Å². The highest BCUT2D eigenvalue weighted by molar-refractivity contribution is 7.99. The van der Waals surface area contributed by atoms with Gasteiger partial charge in [-0.1, -0.05) is 34.1 Å². The van der Waals surface area contributed by atoms with Crippen molar-refractivity contribution in [3.05, 3.63) is 39.9 Å². The molecule has 3 unspecified atom stereocenters. The SMILES string of the molecule is CCC1CC(CC(C)C)CC(C)(SCc2nc3cc(C(=O)O)ccc3c(=O)[nH]2)C1. The summed E-state index contributed by atoms with van der Waals surface area (Å²) in [5, 5.41) is 9.63. The van der Waals surface area contributed by atoms with E-state index in [-0.39, 0.29) is 15.9 Å². The zero-order valence-electron chi connectivity index (χ0n) is 17.8. The van der Waals surface area contributed by atoms with Crippen LogP contribution in [0.5, 0.6) is 0 Å². The number of aromatic nitrogens is 2. The second-order valence-corrected chi connectivity index (χ2v) is 10.8. The molecular weight excluding hydrogens is 384 g/mol. The number of carboxylic acids is 1. The number of fused-ring (bicyclic) bond motifs is 1. The third-order valence-corrected chi connectivity index (χ3v) is 7.50. The predicted molar refractivity (Wildman–Crippen MR) is 120 cm³/mol. The van der Waals surface area contributed by atoms with Gasteiger partial charge in [0.25, 0.3) is 5.56 Å². The molecule has 1 aromatic carbocycles. The molecule has 1 aliphatic rings. The van der Waals surface area contributed by atoms with Gasteiger partial charge in [0.05, 0.1) is 22.2 Å². The monoisotopic (exact) mass is 416 g/mol. The number of carboxylic acid groups (broad SMARTS) is 1. The van der Waals surface area contributed by atoms with Crippen molar-refractivity contribution in [2.75, 3.05) is 0 Å². The Balaban J connectivity index is 1.79.